The van der Waals surface area contributed by atoms with Crippen molar-refractivity contribution in [3.05, 3.63) is 53.7 Å². The molecule has 1 aliphatic heterocycles. The van der Waals surface area contributed by atoms with Crippen LogP contribution in [0.25, 0.3) is 0 Å². The first kappa shape index (κ1) is 21.6. The molecule has 1 saturated heterocycles. The maximum absolute atomic E-state index is 13.0. The third kappa shape index (κ3) is 5.49. The Morgan fingerprint density at radius 3 is 2.37 bits per heavy atom. The average Bonchev–Trinajstić information content (AvgIpc) is 2.77. The van der Waals surface area contributed by atoms with Crippen LogP contribution in [-0.4, -0.2) is 65.9 Å². The number of hydrogen-bond acceptors (Lipinski definition) is 5. The molecule has 1 aromatic carbocycles. The smallest absolute Gasteiger partial charge is 0.257 e. The number of aryl methyl sites for hydroxylation is 1. The molecule has 0 saturated carbocycles. The molecule has 2 amide bonds. The van der Waals surface area contributed by atoms with Gasteiger partial charge in [0.25, 0.3) is 5.91 Å². The monoisotopic (exact) mass is 410 g/mol. The van der Waals surface area contributed by atoms with Crippen molar-refractivity contribution in [1.29, 1.82) is 0 Å². The van der Waals surface area contributed by atoms with E-state index in [-0.39, 0.29) is 17.9 Å². The highest BCUT2D eigenvalue weighted by Crippen LogP contribution is 2.18. The lowest BCUT2D eigenvalue weighted by Crippen LogP contribution is -2.50. The van der Waals surface area contributed by atoms with Gasteiger partial charge in [-0.3, -0.25) is 9.59 Å². The number of nitrogens with one attached hydrogen (secondary N) is 1. The van der Waals surface area contributed by atoms with Crippen molar-refractivity contribution >= 4 is 17.6 Å². The Balaban J connectivity index is 1.51. The van der Waals surface area contributed by atoms with E-state index in [2.05, 4.69) is 10.3 Å². The SMILES string of the molecule is COc1ccc(CCC(=O)N2CCN(C(=O)c3cccnc3NC(C)C)CC2)cc1. The average molecular weight is 411 g/mol. The van der Waals surface area contributed by atoms with Crippen LogP contribution in [0.1, 0.15) is 36.2 Å². The van der Waals surface area contributed by atoms with Crippen LogP contribution in [0, 0.1) is 0 Å². The predicted octanol–water partition coefficient (Wildman–Crippen LogP) is 2.83. The van der Waals surface area contributed by atoms with Gasteiger partial charge < -0.3 is 19.9 Å². The minimum absolute atomic E-state index is 0.0448. The largest absolute Gasteiger partial charge is 0.497 e. The molecule has 1 N–H and O–H groups in total. The molecule has 1 fully saturated rings. The van der Waals surface area contributed by atoms with E-state index in [0.29, 0.717) is 50.4 Å². The summed E-state index contributed by atoms with van der Waals surface area (Å²) in [4.78, 5) is 33.5. The van der Waals surface area contributed by atoms with E-state index in [0.717, 1.165) is 11.3 Å². The van der Waals surface area contributed by atoms with E-state index >= 15 is 0 Å². The molecule has 2 heterocycles. The lowest BCUT2D eigenvalue weighted by molar-refractivity contribution is -0.132. The Bertz CT molecular complexity index is 859. The van der Waals surface area contributed by atoms with Crippen molar-refractivity contribution in [2.45, 2.75) is 32.7 Å². The molecule has 1 aromatic heterocycles. The number of anilines is 1. The summed E-state index contributed by atoms with van der Waals surface area (Å²) in [5.74, 6) is 1.50. The summed E-state index contributed by atoms with van der Waals surface area (Å²) in [7, 11) is 1.64. The van der Waals surface area contributed by atoms with Gasteiger partial charge in [0.1, 0.15) is 11.6 Å². The molecular formula is C23H30N4O3. The third-order valence-corrected chi connectivity index (χ3v) is 5.17. The fourth-order valence-electron chi connectivity index (χ4n) is 3.50. The highest BCUT2D eigenvalue weighted by atomic mass is 16.5. The van der Waals surface area contributed by atoms with E-state index in [1.807, 2.05) is 43.0 Å². The van der Waals surface area contributed by atoms with E-state index in [1.54, 1.807) is 30.3 Å². The Hall–Kier alpha value is -3.09. The molecule has 3 rings (SSSR count). The molecule has 0 aliphatic carbocycles. The zero-order chi connectivity index (χ0) is 21.5. The number of nitrogens with zero attached hydrogens (tertiary/aromatic N) is 3. The first-order chi connectivity index (χ1) is 14.5. The van der Waals surface area contributed by atoms with Crippen molar-refractivity contribution in [1.82, 2.24) is 14.8 Å². The second-order valence-electron chi connectivity index (χ2n) is 7.72. The number of rotatable bonds is 7. The lowest BCUT2D eigenvalue weighted by atomic mass is 10.1. The number of piperazine rings is 1. The van der Waals surface area contributed by atoms with Gasteiger partial charge >= 0.3 is 0 Å². The van der Waals surface area contributed by atoms with Gasteiger partial charge in [0.2, 0.25) is 5.91 Å². The van der Waals surface area contributed by atoms with Gasteiger partial charge in [0, 0.05) is 44.8 Å². The van der Waals surface area contributed by atoms with Crippen LogP contribution in [-0.2, 0) is 11.2 Å². The topological polar surface area (TPSA) is 74.8 Å². The van der Waals surface area contributed by atoms with E-state index in [1.165, 1.54) is 0 Å². The van der Waals surface area contributed by atoms with Crippen molar-refractivity contribution in [2.75, 3.05) is 38.6 Å². The Labute approximate surface area is 178 Å². The van der Waals surface area contributed by atoms with Gasteiger partial charge in [-0.15, -0.1) is 0 Å². The molecule has 0 radical (unpaired) electrons. The Morgan fingerprint density at radius 2 is 1.73 bits per heavy atom. The number of methoxy groups -OCH3 is 1. The molecule has 0 bridgehead atoms. The molecule has 0 unspecified atom stereocenters. The minimum atomic E-state index is -0.0448. The highest BCUT2D eigenvalue weighted by molar-refractivity contribution is 5.98. The van der Waals surface area contributed by atoms with Crippen molar-refractivity contribution in [3.8, 4) is 5.75 Å². The normalized spacial score (nSPS) is 14.0. The standard InChI is InChI=1S/C23H30N4O3/c1-17(2)25-22-20(5-4-12-24-22)23(29)27-15-13-26(14-16-27)21(28)11-8-18-6-9-19(30-3)10-7-18/h4-7,9-10,12,17H,8,11,13-16H2,1-3H3,(H,24,25). The van der Waals surface area contributed by atoms with Crippen LogP contribution in [0.3, 0.4) is 0 Å². The number of carbonyl (C=O) groups excluding carboxylic acids is 2. The van der Waals surface area contributed by atoms with Gasteiger partial charge in [-0.2, -0.15) is 0 Å². The van der Waals surface area contributed by atoms with Crippen LogP contribution in [0.4, 0.5) is 5.82 Å². The van der Waals surface area contributed by atoms with Crippen LogP contribution in [0.15, 0.2) is 42.6 Å². The number of benzene rings is 1. The second kappa shape index (κ2) is 10.1. The van der Waals surface area contributed by atoms with Crippen LogP contribution in [0.5, 0.6) is 5.75 Å². The Kier molecular flexibility index (Phi) is 7.27. The van der Waals surface area contributed by atoms with Crippen LogP contribution >= 0.6 is 0 Å². The quantitative estimate of drug-likeness (QED) is 0.760. The second-order valence-corrected chi connectivity index (χ2v) is 7.72. The predicted molar refractivity (Wildman–Crippen MR) is 117 cm³/mol. The summed E-state index contributed by atoms with van der Waals surface area (Å²) in [5, 5.41) is 3.23. The summed E-state index contributed by atoms with van der Waals surface area (Å²) < 4.78 is 5.16. The number of aromatic nitrogens is 1. The van der Waals surface area contributed by atoms with Gasteiger partial charge in [0.05, 0.1) is 12.7 Å². The van der Waals surface area contributed by atoms with Crippen molar-refractivity contribution in [3.63, 3.8) is 0 Å². The molecule has 7 heteroatoms. The van der Waals surface area contributed by atoms with Crippen molar-refractivity contribution in [2.24, 2.45) is 0 Å². The number of ether oxygens (including phenoxy) is 1. The summed E-state index contributed by atoms with van der Waals surface area (Å²) in [6.45, 7) is 6.20. The van der Waals surface area contributed by atoms with E-state index < -0.39 is 0 Å². The summed E-state index contributed by atoms with van der Waals surface area (Å²) in [6.07, 6.45) is 2.84. The number of hydrogen-bond donors (Lipinski definition) is 1. The van der Waals surface area contributed by atoms with Crippen LogP contribution < -0.4 is 10.1 Å². The van der Waals surface area contributed by atoms with Gasteiger partial charge in [-0.1, -0.05) is 12.1 Å². The molecule has 0 atom stereocenters. The lowest BCUT2D eigenvalue weighted by Gasteiger charge is -2.35. The van der Waals surface area contributed by atoms with Gasteiger partial charge in [-0.05, 0) is 50.1 Å². The molecule has 1 aliphatic rings. The Morgan fingerprint density at radius 1 is 1.07 bits per heavy atom. The number of carbonyl (C=O) groups is 2. The third-order valence-electron chi connectivity index (χ3n) is 5.17. The maximum atomic E-state index is 13.0. The highest BCUT2D eigenvalue weighted by Gasteiger charge is 2.26. The summed E-state index contributed by atoms with van der Waals surface area (Å²) in [6, 6.07) is 11.5. The van der Waals surface area contributed by atoms with Crippen LogP contribution in [0.2, 0.25) is 0 Å². The molecule has 7 nitrogen and oxygen atoms in total. The molecule has 0 spiro atoms. The molecule has 2 aromatic rings. The fraction of sp³-hybridized carbons (Fsp3) is 0.435. The van der Waals surface area contributed by atoms with Crippen molar-refractivity contribution < 1.29 is 14.3 Å². The summed E-state index contributed by atoms with van der Waals surface area (Å²) >= 11 is 0. The van der Waals surface area contributed by atoms with Gasteiger partial charge in [0.15, 0.2) is 0 Å². The zero-order valence-electron chi connectivity index (χ0n) is 17.9. The fourth-order valence-corrected chi connectivity index (χ4v) is 3.50. The molecule has 160 valence electrons. The number of amides is 2. The molecule has 30 heavy (non-hydrogen) atoms. The minimum Gasteiger partial charge on any atom is -0.497 e. The van der Waals surface area contributed by atoms with E-state index in [9.17, 15) is 9.59 Å². The first-order valence-electron chi connectivity index (χ1n) is 10.4. The zero-order valence-corrected chi connectivity index (χ0v) is 17.9. The maximum Gasteiger partial charge on any atom is 0.257 e. The number of pyridine rings is 1. The molecular weight excluding hydrogens is 380 g/mol. The summed E-state index contributed by atoms with van der Waals surface area (Å²) in [5.41, 5.74) is 1.69. The van der Waals surface area contributed by atoms with Gasteiger partial charge in [-0.25, -0.2) is 4.98 Å². The van der Waals surface area contributed by atoms with E-state index in [4.69, 9.17) is 4.74 Å². The first-order valence-corrected chi connectivity index (χ1v) is 10.4.